The van der Waals surface area contributed by atoms with Crippen LogP contribution < -0.4 is 0 Å². The molecule has 64 valence electrons. The highest BCUT2D eigenvalue weighted by Crippen LogP contribution is 2.05. The number of carbonyl (C=O) groups excluding carboxylic acids is 1. The van der Waals surface area contributed by atoms with Gasteiger partial charge in [-0.15, -0.1) is 0 Å². The van der Waals surface area contributed by atoms with Crippen molar-refractivity contribution in [2.75, 3.05) is 7.05 Å². The van der Waals surface area contributed by atoms with Crippen LogP contribution >= 0.6 is 0 Å². The molecule has 0 aliphatic heterocycles. The Morgan fingerprint density at radius 1 is 1.45 bits per heavy atom. The van der Waals surface area contributed by atoms with Gasteiger partial charge in [-0.1, -0.05) is 19.6 Å². The van der Waals surface area contributed by atoms with Crippen molar-refractivity contribution < 1.29 is 4.79 Å². The maximum Gasteiger partial charge on any atom is 0.172 e. The smallest absolute Gasteiger partial charge is 0.172 e. The number of carbonyl (C=O) groups is 1. The Kier molecular flexibility index (Phi) is 3.45. The van der Waals surface area contributed by atoms with E-state index >= 15 is 0 Å². The van der Waals surface area contributed by atoms with Crippen molar-refractivity contribution in [1.29, 1.82) is 0 Å². The molecule has 0 rings (SSSR count). The third-order valence-corrected chi connectivity index (χ3v) is 3.44. The summed E-state index contributed by atoms with van der Waals surface area (Å²) in [6.45, 7) is 8.01. The van der Waals surface area contributed by atoms with Gasteiger partial charge in [0, 0.05) is 14.0 Å². The minimum Gasteiger partial charge on any atom is -0.328 e. The van der Waals surface area contributed by atoms with E-state index in [1.165, 1.54) is 13.1 Å². The molecule has 0 aromatic rings. The standard InChI is InChI=1S/C7H16N2OSi/c1-7(10)6-8-9(2)11(3,4)5/h6H,1-5H3/b8-6+. The van der Waals surface area contributed by atoms with Crippen molar-refractivity contribution >= 4 is 20.2 Å². The first-order valence-electron chi connectivity index (χ1n) is 3.62. The van der Waals surface area contributed by atoms with E-state index in [1.54, 1.807) is 0 Å². The average molecular weight is 172 g/mol. The SMILES string of the molecule is CC(=O)/C=N/N(C)[Si](C)(C)C. The van der Waals surface area contributed by atoms with Crippen LogP contribution in [0, 0.1) is 0 Å². The molecule has 0 radical (unpaired) electrons. The van der Waals surface area contributed by atoms with Gasteiger partial charge in [0.15, 0.2) is 14.0 Å². The van der Waals surface area contributed by atoms with E-state index in [0.29, 0.717) is 0 Å². The van der Waals surface area contributed by atoms with Crippen molar-refractivity contribution in [3.05, 3.63) is 0 Å². The fourth-order valence-corrected chi connectivity index (χ4v) is 0.745. The molecule has 0 aliphatic rings. The number of ketones is 1. The van der Waals surface area contributed by atoms with E-state index in [2.05, 4.69) is 24.7 Å². The fourth-order valence-electron chi connectivity index (χ4n) is 0.341. The van der Waals surface area contributed by atoms with E-state index in [0.717, 1.165) is 0 Å². The van der Waals surface area contributed by atoms with E-state index in [4.69, 9.17) is 0 Å². The van der Waals surface area contributed by atoms with Crippen molar-refractivity contribution in [2.24, 2.45) is 5.10 Å². The Morgan fingerprint density at radius 2 is 1.91 bits per heavy atom. The van der Waals surface area contributed by atoms with Crippen LogP contribution in [0.3, 0.4) is 0 Å². The predicted molar refractivity (Wildman–Crippen MR) is 50.3 cm³/mol. The third-order valence-electron chi connectivity index (χ3n) is 1.38. The number of hydrazone groups is 1. The summed E-state index contributed by atoms with van der Waals surface area (Å²) in [5.74, 6) is -0.00454. The molecule has 0 saturated carbocycles. The maximum absolute atomic E-state index is 10.5. The molecule has 0 saturated heterocycles. The second-order valence-electron chi connectivity index (χ2n) is 3.55. The van der Waals surface area contributed by atoms with Gasteiger partial charge >= 0.3 is 0 Å². The van der Waals surface area contributed by atoms with Gasteiger partial charge in [0.2, 0.25) is 0 Å². The number of rotatable bonds is 3. The Bertz CT molecular complexity index is 172. The largest absolute Gasteiger partial charge is 0.328 e. The molecule has 0 aliphatic carbocycles. The van der Waals surface area contributed by atoms with Gasteiger partial charge in [0.25, 0.3) is 0 Å². The lowest BCUT2D eigenvalue weighted by molar-refractivity contribution is -0.110. The molecule has 3 nitrogen and oxygen atoms in total. The number of nitrogens with zero attached hydrogens (tertiary/aromatic N) is 2. The Morgan fingerprint density at radius 3 is 2.18 bits per heavy atom. The second kappa shape index (κ2) is 3.66. The highest BCUT2D eigenvalue weighted by molar-refractivity contribution is 6.73. The summed E-state index contributed by atoms with van der Waals surface area (Å²) in [6.07, 6.45) is 1.36. The topological polar surface area (TPSA) is 32.7 Å². The number of hydrogen-bond donors (Lipinski definition) is 0. The summed E-state index contributed by atoms with van der Waals surface area (Å²) in [5.41, 5.74) is 0. The summed E-state index contributed by atoms with van der Waals surface area (Å²) >= 11 is 0. The van der Waals surface area contributed by atoms with Gasteiger partial charge < -0.3 is 4.67 Å². The number of hydrogen-bond acceptors (Lipinski definition) is 3. The molecule has 0 unspecified atom stereocenters. The third kappa shape index (κ3) is 4.72. The first-order valence-corrected chi connectivity index (χ1v) is 7.07. The Hall–Kier alpha value is -0.643. The van der Waals surface area contributed by atoms with Crippen LogP contribution in [-0.2, 0) is 4.79 Å². The molecule has 0 N–H and O–H groups in total. The highest BCUT2D eigenvalue weighted by atomic mass is 28.3. The summed E-state index contributed by atoms with van der Waals surface area (Å²) < 4.78 is 1.90. The lowest BCUT2D eigenvalue weighted by Gasteiger charge is -2.26. The van der Waals surface area contributed by atoms with Crippen molar-refractivity contribution in [3.63, 3.8) is 0 Å². The molecule has 0 aromatic carbocycles. The van der Waals surface area contributed by atoms with Crippen LogP contribution in [-0.4, -0.2) is 32.0 Å². The molecule has 0 fully saturated rings. The van der Waals surface area contributed by atoms with E-state index in [9.17, 15) is 4.79 Å². The molecule has 4 heteroatoms. The molecule has 0 bridgehead atoms. The monoisotopic (exact) mass is 172 g/mol. The molecule has 0 atom stereocenters. The van der Waals surface area contributed by atoms with Crippen LogP contribution in [0.5, 0.6) is 0 Å². The average Bonchev–Trinajstić information content (AvgIpc) is 1.80. The van der Waals surface area contributed by atoms with E-state index < -0.39 is 8.24 Å². The minimum absolute atomic E-state index is 0.00454. The second-order valence-corrected chi connectivity index (χ2v) is 8.54. The molecule has 0 spiro atoms. The van der Waals surface area contributed by atoms with Gasteiger partial charge in [-0.2, -0.15) is 5.10 Å². The van der Waals surface area contributed by atoms with Crippen LogP contribution in [0.1, 0.15) is 6.92 Å². The van der Waals surface area contributed by atoms with Gasteiger partial charge in [0.1, 0.15) is 0 Å². The molecule has 0 amide bonds. The molecule has 0 heterocycles. The first-order chi connectivity index (χ1) is 4.84. The maximum atomic E-state index is 10.5. The van der Waals surface area contributed by atoms with E-state index in [1.807, 2.05) is 11.7 Å². The molecule has 11 heavy (non-hydrogen) atoms. The lowest BCUT2D eigenvalue weighted by Crippen LogP contribution is -2.39. The van der Waals surface area contributed by atoms with Crippen LogP contribution in [0.4, 0.5) is 0 Å². The first kappa shape index (κ1) is 10.4. The fraction of sp³-hybridized carbons (Fsp3) is 0.714. The summed E-state index contributed by atoms with van der Waals surface area (Å²) in [7, 11) is 0.564. The van der Waals surface area contributed by atoms with Gasteiger partial charge in [-0.05, 0) is 0 Å². The molecule has 0 aromatic heterocycles. The van der Waals surface area contributed by atoms with Gasteiger partial charge in [-0.25, -0.2) is 0 Å². The van der Waals surface area contributed by atoms with Crippen LogP contribution in [0.15, 0.2) is 5.10 Å². The van der Waals surface area contributed by atoms with Crippen LogP contribution in [0.25, 0.3) is 0 Å². The minimum atomic E-state index is -1.34. The molecular weight excluding hydrogens is 156 g/mol. The Balaban J connectivity index is 4.07. The summed E-state index contributed by atoms with van der Waals surface area (Å²) in [6, 6.07) is 0. The number of Topliss-reactive ketones (excluding diaryl/α,β-unsaturated/α-hetero) is 1. The predicted octanol–water partition coefficient (Wildman–Crippen LogP) is 1.33. The zero-order valence-electron chi connectivity index (χ0n) is 7.88. The van der Waals surface area contributed by atoms with Crippen molar-refractivity contribution in [1.82, 2.24) is 4.67 Å². The summed E-state index contributed by atoms with van der Waals surface area (Å²) in [5, 5.41) is 4.02. The van der Waals surface area contributed by atoms with Gasteiger partial charge in [-0.3, -0.25) is 4.79 Å². The summed E-state index contributed by atoms with van der Waals surface area (Å²) in [4.78, 5) is 10.5. The highest BCUT2D eigenvalue weighted by Gasteiger charge is 2.18. The quantitative estimate of drug-likeness (QED) is 0.365. The van der Waals surface area contributed by atoms with E-state index in [-0.39, 0.29) is 5.78 Å². The Labute approximate surface area is 69.2 Å². The molecular formula is C7H16N2OSi. The zero-order chi connectivity index (χ0) is 9.07. The lowest BCUT2D eigenvalue weighted by atomic mass is 10.5. The van der Waals surface area contributed by atoms with Crippen molar-refractivity contribution in [3.8, 4) is 0 Å². The van der Waals surface area contributed by atoms with Crippen molar-refractivity contribution in [2.45, 2.75) is 26.6 Å². The van der Waals surface area contributed by atoms with Gasteiger partial charge in [0.05, 0.1) is 6.21 Å². The van der Waals surface area contributed by atoms with Crippen LogP contribution in [0.2, 0.25) is 19.6 Å². The normalized spacial score (nSPS) is 12.1. The zero-order valence-corrected chi connectivity index (χ0v) is 8.88.